The van der Waals surface area contributed by atoms with Crippen LogP contribution in [0, 0.1) is 0 Å². The van der Waals surface area contributed by atoms with Gasteiger partial charge in [0.2, 0.25) is 5.28 Å². The molecule has 100 valence electrons. The van der Waals surface area contributed by atoms with Gasteiger partial charge in [0.25, 0.3) is 5.56 Å². The molecule has 0 aliphatic carbocycles. The van der Waals surface area contributed by atoms with E-state index >= 15 is 0 Å². The second-order valence-corrected chi connectivity index (χ2v) is 4.67. The predicted octanol–water partition coefficient (Wildman–Crippen LogP) is 2.08. The van der Waals surface area contributed by atoms with Gasteiger partial charge in [0.15, 0.2) is 5.65 Å². The molecule has 0 aliphatic heterocycles. The molecule has 5 nitrogen and oxygen atoms in total. The molecule has 0 fully saturated rings. The molecule has 3 rings (SSSR count). The van der Waals surface area contributed by atoms with Gasteiger partial charge in [-0.15, -0.1) is 0 Å². The van der Waals surface area contributed by atoms with Crippen molar-refractivity contribution in [3.8, 4) is 0 Å². The van der Waals surface area contributed by atoms with Crippen LogP contribution in [0.4, 0.5) is 0 Å². The third kappa shape index (κ3) is 2.53. The van der Waals surface area contributed by atoms with Crippen LogP contribution in [0.5, 0.6) is 0 Å². The third-order valence-electron chi connectivity index (χ3n) is 3.02. The fraction of sp³-hybridized carbons (Fsp3) is 0.143. The van der Waals surface area contributed by atoms with E-state index in [0.717, 1.165) is 12.0 Å². The van der Waals surface area contributed by atoms with Crippen LogP contribution in [0.3, 0.4) is 0 Å². The van der Waals surface area contributed by atoms with Crippen LogP contribution in [0.1, 0.15) is 5.56 Å². The normalized spacial score (nSPS) is 10.8. The van der Waals surface area contributed by atoms with Crippen LogP contribution < -0.4 is 5.56 Å². The van der Waals surface area contributed by atoms with Crippen LogP contribution in [0.2, 0.25) is 5.28 Å². The fourth-order valence-corrected chi connectivity index (χ4v) is 2.16. The summed E-state index contributed by atoms with van der Waals surface area (Å²) in [5.41, 5.74) is 1.99. The Morgan fingerprint density at radius 2 is 1.90 bits per heavy atom. The average molecular weight is 287 g/mol. The number of aryl methyl sites for hydroxylation is 2. The molecule has 0 saturated heterocycles. The molecule has 1 aromatic carbocycles. The van der Waals surface area contributed by atoms with Gasteiger partial charge in [0, 0.05) is 6.54 Å². The second kappa shape index (κ2) is 5.38. The molecule has 0 radical (unpaired) electrons. The smallest absolute Gasteiger partial charge is 0.270 e. The van der Waals surface area contributed by atoms with Crippen molar-refractivity contribution in [3.63, 3.8) is 0 Å². The van der Waals surface area contributed by atoms with Crippen molar-refractivity contribution in [1.29, 1.82) is 0 Å². The molecule has 0 N–H and O–H groups in total. The Balaban J connectivity index is 2.00. The Kier molecular flexibility index (Phi) is 3.43. The van der Waals surface area contributed by atoms with Gasteiger partial charge >= 0.3 is 0 Å². The number of hydrogen-bond acceptors (Lipinski definition) is 4. The van der Waals surface area contributed by atoms with Gasteiger partial charge < -0.3 is 0 Å². The van der Waals surface area contributed by atoms with Gasteiger partial charge in [-0.2, -0.15) is 4.98 Å². The quantitative estimate of drug-likeness (QED) is 0.692. The highest BCUT2D eigenvalue weighted by Gasteiger charge is 2.07. The topological polar surface area (TPSA) is 60.7 Å². The molecule has 2 heterocycles. The summed E-state index contributed by atoms with van der Waals surface area (Å²) in [6.07, 6.45) is 3.54. The number of aromatic nitrogens is 4. The van der Waals surface area contributed by atoms with Crippen LogP contribution in [-0.4, -0.2) is 19.5 Å². The lowest BCUT2D eigenvalue weighted by Gasteiger charge is -2.08. The molecule has 0 unspecified atom stereocenters. The Morgan fingerprint density at radius 3 is 2.70 bits per heavy atom. The summed E-state index contributed by atoms with van der Waals surface area (Å²) >= 11 is 5.79. The summed E-state index contributed by atoms with van der Waals surface area (Å²) in [6, 6.07) is 9.96. The first kappa shape index (κ1) is 12.7. The molecular formula is C14H11ClN4O. The average Bonchev–Trinajstić information content (AvgIpc) is 2.47. The molecule has 3 aromatic rings. The second-order valence-electron chi connectivity index (χ2n) is 4.33. The summed E-state index contributed by atoms with van der Waals surface area (Å²) in [4.78, 5) is 24.0. The van der Waals surface area contributed by atoms with Crippen molar-refractivity contribution >= 4 is 22.8 Å². The van der Waals surface area contributed by atoms with Crippen LogP contribution >= 0.6 is 11.6 Å². The first-order valence-corrected chi connectivity index (χ1v) is 6.54. The van der Waals surface area contributed by atoms with E-state index in [2.05, 4.69) is 15.0 Å². The van der Waals surface area contributed by atoms with Crippen molar-refractivity contribution in [2.45, 2.75) is 13.0 Å². The van der Waals surface area contributed by atoms with E-state index in [1.165, 1.54) is 12.4 Å². The summed E-state index contributed by atoms with van der Waals surface area (Å²) in [6.45, 7) is 0.523. The number of hydrogen-bond donors (Lipinski definition) is 0. The Morgan fingerprint density at radius 1 is 1.10 bits per heavy atom. The van der Waals surface area contributed by atoms with Gasteiger partial charge in [-0.25, -0.2) is 9.97 Å². The van der Waals surface area contributed by atoms with Gasteiger partial charge in [0.05, 0.1) is 12.4 Å². The van der Waals surface area contributed by atoms with Crippen molar-refractivity contribution in [2.75, 3.05) is 0 Å². The molecule has 0 bridgehead atoms. The highest BCUT2D eigenvalue weighted by molar-refractivity contribution is 6.28. The van der Waals surface area contributed by atoms with Crippen molar-refractivity contribution in [1.82, 2.24) is 19.5 Å². The summed E-state index contributed by atoms with van der Waals surface area (Å²) in [7, 11) is 0. The van der Waals surface area contributed by atoms with Crippen molar-refractivity contribution in [3.05, 3.63) is 63.9 Å². The molecule has 0 spiro atoms. The lowest BCUT2D eigenvalue weighted by molar-refractivity contribution is 0.683. The van der Waals surface area contributed by atoms with Crippen molar-refractivity contribution < 1.29 is 0 Å². The number of halogens is 1. The molecule has 20 heavy (non-hydrogen) atoms. The zero-order valence-electron chi connectivity index (χ0n) is 10.5. The Hall–Kier alpha value is -2.27. The number of benzene rings is 1. The number of rotatable bonds is 3. The molecule has 2 aromatic heterocycles. The number of fused-ring (bicyclic) bond motifs is 1. The standard InChI is InChI=1S/C14H11ClN4O/c15-14-17-8-11-13(18-14)19(12(20)9-16-11)7-6-10-4-2-1-3-5-10/h1-5,8-9H,6-7H2. The fourth-order valence-electron chi connectivity index (χ4n) is 2.04. The lowest BCUT2D eigenvalue weighted by Crippen LogP contribution is -2.22. The first-order chi connectivity index (χ1) is 9.74. The van der Waals surface area contributed by atoms with Gasteiger partial charge in [-0.1, -0.05) is 30.3 Å². The summed E-state index contributed by atoms with van der Waals surface area (Å²) in [5, 5.41) is 0.110. The summed E-state index contributed by atoms with van der Waals surface area (Å²) in [5.74, 6) is 0. The van der Waals surface area contributed by atoms with Gasteiger partial charge in [-0.05, 0) is 23.6 Å². The zero-order valence-corrected chi connectivity index (χ0v) is 11.3. The van der Waals surface area contributed by atoms with E-state index in [4.69, 9.17) is 11.6 Å². The largest absolute Gasteiger partial charge is 0.290 e. The highest BCUT2D eigenvalue weighted by Crippen LogP contribution is 2.09. The molecule has 0 amide bonds. The minimum atomic E-state index is -0.191. The van der Waals surface area contributed by atoms with E-state index in [9.17, 15) is 4.79 Å². The van der Waals surface area contributed by atoms with Gasteiger partial charge in [0.1, 0.15) is 5.52 Å². The predicted molar refractivity (Wildman–Crippen MR) is 76.7 cm³/mol. The maximum Gasteiger partial charge on any atom is 0.270 e. The maximum absolute atomic E-state index is 12.0. The van der Waals surface area contributed by atoms with E-state index in [1.807, 2.05) is 30.3 Å². The molecule has 6 heteroatoms. The summed E-state index contributed by atoms with van der Waals surface area (Å²) < 4.78 is 1.57. The Bertz CT molecular complexity index is 801. The third-order valence-corrected chi connectivity index (χ3v) is 3.21. The van der Waals surface area contributed by atoms with Crippen LogP contribution in [-0.2, 0) is 13.0 Å². The molecule has 0 atom stereocenters. The van der Waals surface area contributed by atoms with E-state index in [1.54, 1.807) is 4.57 Å². The highest BCUT2D eigenvalue weighted by atomic mass is 35.5. The van der Waals surface area contributed by atoms with Gasteiger partial charge in [-0.3, -0.25) is 9.36 Å². The lowest BCUT2D eigenvalue weighted by atomic mass is 10.1. The molecular weight excluding hydrogens is 276 g/mol. The number of nitrogens with zero attached hydrogens (tertiary/aromatic N) is 4. The minimum Gasteiger partial charge on any atom is -0.290 e. The van der Waals surface area contributed by atoms with E-state index in [-0.39, 0.29) is 10.8 Å². The van der Waals surface area contributed by atoms with Crippen molar-refractivity contribution in [2.24, 2.45) is 0 Å². The SMILES string of the molecule is O=c1cnc2cnc(Cl)nc2n1CCc1ccccc1. The van der Waals surface area contributed by atoms with E-state index in [0.29, 0.717) is 17.7 Å². The van der Waals surface area contributed by atoms with Crippen LogP contribution in [0.15, 0.2) is 47.5 Å². The first-order valence-electron chi connectivity index (χ1n) is 6.16. The minimum absolute atomic E-state index is 0.110. The molecule has 0 aliphatic rings. The Labute approximate surface area is 119 Å². The zero-order chi connectivity index (χ0) is 13.9. The monoisotopic (exact) mass is 286 g/mol. The maximum atomic E-state index is 12.0. The van der Waals surface area contributed by atoms with Crippen LogP contribution in [0.25, 0.3) is 11.2 Å². The molecule has 0 saturated carbocycles. The van der Waals surface area contributed by atoms with E-state index < -0.39 is 0 Å².